The highest BCUT2D eigenvalue weighted by Crippen LogP contribution is 2.18. The van der Waals surface area contributed by atoms with Gasteiger partial charge in [-0.1, -0.05) is 0 Å². The van der Waals surface area contributed by atoms with Gasteiger partial charge in [-0.3, -0.25) is 9.69 Å². The summed E-state index contributed by atoms with van der Waals surface area (Å²) in [5.41, 5.74) is 3.01. The fourth-order valence-electron chi connectivity index (χ4n) is 3.03. The molecule has 0 radical (unpaired) electrons. The van der Waals surface area contributed by atoms with Gasteiger partial charge in [0.2, 0.25) is 0 Å². The molecule has 1 saturated heterocycles. The molecule has 1 N–H and O–H groups in total. The van der Waals surface area contributed by atoms with Crippen molar-refractivity contribution in [2.45, 2.75) is 26.8 Å². The predicted octanol–water partition coefficient (Wildman–Crippen LogP) is 2.64. The second kappa shape index (κ2) is 5.53. The fraction of sp³-hybridized carbons (Fsp3) is 0.471. The molecule has 1 aliphatic heterocycles. The Balaban J connectivity index is 1.75. The first-order valence-electron chi connectivity index (χ1n) is 7.67. The summed E-state index contributed by atoms with van der Waals surface area (Å²) < 4.78 is 0. The maximum absolute atomic E-state index is 12.6. The van der Waals surface area contributed by atoms with Gasteiger partial charge in [0.15, 0.2) is 0 Å². The van der Waals surface area contributed by atoms with Crippen LogP contribution in [-0.2, 0) is 0 Å². The molecule has 0 atom stereocenters. The zero-order chi connectivity index (χ0) is 15.0. The second-order valence-electron chi connectivity index (χ2n) is 6.18. The average molecular weight is 285 g/mol. The molecule has 4 heteroatoms. The molecule has 3 rings (SSSR count). The number of aromatic nitrogens is 1. The van der Waals surface area contributed by atoms with E-state index < -0.39 is 0 Å². The molecule has 0 unspecified atom stereocenters. The van der Waals surface area contributed by atoms with E-state index in [0.717, 1.165) is 48.3 Å². The molecule has 4 nitrogen and oxygen atoms in total. The van der Waals surface area contributed by atoms with Crippen LogP contribution in [0.3, 0.4) is 0 Å². The summed E-state index contributed by atoms with van der Waals surface area (Å²) in [7, 11) is 0. The number of carbonyl (C=O) groups is 1. The summed E-state index contributed by atoms with van der Waals surface area (Å²) in [6, 6.07) is 8.56. The van der Waals surface area contributed by atoms with Crippen molar-refractivity contribution in [1.82, 2.24) is 14.8 Å². The van der Waals surface area contributed by atoms with Crippen LogP contribution in [0, 0.1) is 6.92 Å². The molecule has 21 heavy (non-hydrogen) atoms. The molecule has 0 bridgehead atoms. The number of hydrogen-bond acceptors (Lipinski definition) is 2. The molecule has 0 saturated carbocycles. The second-order valence-corrected chi connectivity index (χ2v) is 6.18. The summed E-state index contributed by atoms with van der Waals surface area (Å²) >= 11 is 0. The summed E-state index contributed by atoms with van der Waals surface area (Å²) in [6.45, 7) is 10.0. The van der Waals surface area contributed by atoms with Gasteiger partial charge in [0, 0.05) is 54.4 Å². The van der Waals surface area contributed by atoms with Crippen LogP contribution in [0.4, 0.5) is 0 Å². The highest BCUT2D eigenvalue weighted by Gasteiger charge is 2.23. The standard InChI is InChI=1S/C17H23N3O/c1-12(2)19-6-8-20(9-7-19)17(21)14-4-5-16-15(11-14)10-13(3)18-16/h4-5,10-12,18H,6-9H2,1-3H3. The topological polar surface area (TPSA) is 39.3 Å². The van der Waals surface area contributed by atoms with Gasteiger partial charge in [0.05, 0.1) is 0 Å². The number of benzene rings is 1. The summed E-state index contributed by atoms with van der Waals surface area (Å²) in [5.74, 6) is 0.152. The predicted molar refractivity (Wildman–Crippen MR) is 85.6 cm³/mol. The molecular weight excluding hydrogens is 262 g/mol. The van der Waals surface area contributed by atoms with E-state index in [4.69, 9.17) is 0 Å². The number of aromatic amines is 1. The van der Waals surface area contributed by atoms with E-state index in [1.54, 1.807) is 0 Å². The third kappa shape index (κ3) is 2.81. The molecule has 1 amide bonds. The van der Waals surface area contributed by atoms with Crippen molar-refractivity contribution in [3.8, 4) is 0 Å². The Morgan fingerprint density at radius 2 is 1.86 bits per heavy atom. The van der Waals surface area contributed by atoms with Gasteiger partial charge in [0.1, 0.15) is 0 Å². The Morgan fingerprint density at radius 3 is 2.52 bits per heavy atom. The zero-order valence-electron chi connectivity index (χ0n) is 13.0. The number of aryl methyl sites for hydroxylation is 1. The maximum atomic E-state index is 12.6. The lowest BCUT2D eigenvalue weighted by atomic mass is 10.1. The van der Waals surface area contributed by atoms with Gasteiger partial charge in [-0.15, -0.1) is 0 Å². The van der Waals surface area contributed by atoms with Crippen molar-refractivity contribution in [2.75, 3.05) is 26.2 Å². The Kier molecular flexibility index (Phi) is 3.72. The Hall–Kier alpha value is -1.81. The van der Waals surface area contributed by atoms with E-state index >= 15 is 0 Å². The van der Waals surface area contributed by atoms with Crippen molar-refractivity contribution >= 4 is 16.8 Å². The summed E-state index contributed by atoms with van der Waals surface area (Å²) in [4.78, 5) is 20.3. The molecule has 1 aromatic heterocycles. The number of nitrogens with one attached hydrogen (secondary N) is 1. The number of piperazine rings is 1. The molecule has 0 spiro atoms. The zero-order valence-corrected chi connectivity index (χ0v) is 13.0. The largest absolute Gasteiger partial charge is 0.359 e. The Morgan fingerprint density at radius 1 is 1.14 bits per heavy atom. The SMILES string of the molecule is Cc1cc2cc(C(=O)N3CCN(C(C)C)CC3)ccc2[nH]1. The van der Waals surface area contributed by atoms with Crippen LogP contribution in [0.2, 0.25) is 0 Å². The molecule has 1 fully saturated rings. The van der Waals surface area contributed by atoms with Crippen molar-refractivity contribution in [3.63, 3.8) is 0 Å². The van der Waals surface area contributed by atoms with E-state index in [-0.39, 0.29) is 5.91 Å². The van der Waals surface area contributed by atoms with Crippen LogP contribution in [0.25, 0.3) is 10.9 Å². The van der Waals surface area contributed by atoms with E-state index in [2.05, 4.69) is 29.8 Å². The minimum absolute atomic E-state index is 0.152. The van der Waals surface area contributed by atoms with E-state index in [0.29, 0.717) is 6.04 Å². The lowest BCUT2D eigenvalue weighted by Crippen LogP contribution is -2.50. The van der Waals surface area contributed by atoms with Crippen LogP contribution in [-0.4, -0.2) is 52.9 Å². The van der Waals surface area contributed by atoms with Crippen molar-refractivity contribution in [1.29, 1.82) is 0 Å². The molecule has 1 aliphatic rings. The van der Waals surface area contributed by atoms with Gasteiger partial charge < -0.3 is 9.88 Å². The van der Waals surface area contributed by atoms with Gasteiger partial charge in [-0.25, -0.2) is 0 Å². The molecule has 112 valence electrons. The monoisotopic (exact) mass is 285 g/mol. The van der Waals surface area contributed by atoms with Crippen LogP contribution in [0.15, 0.2) is 24.3 Å². The third-order valence-electron chi connectivity index (χ3n) is 4.33. The van der Waals surface area contributed by atoms with Gasteiger partial charge in [0.25, 0.3) is 5.91 Å². The van der Waals surface area contributed by atoms with E-state index in [9.17, 15) is 4.79 Å². The number of fused-ring (bicyclic) bond motifs is 1. The first kappa shape index (κ1) is 14.1. The Bertz CT molecular complexity index is 651. The van der Waals surface area contributed by atoms with Gasteiger partial charge >= 0.3 is 0 Å². The summed E-state index contributed by atoms with van der Waals surface area (Å²) in [6.07, 6.45) is 0. The van der Waals surface area contributed by atoms with Crippen molar-refractivity contribution in [3.05, 3.63) is 35.5 Å². The number of carbonyl (C=O) groups excluding carboxylic acids is 1. The van der Waals surface area contributed by atoms with Crippen LogP contribution >= 0.6 is 0 Å². The fourth-order valence-corrected chi connectivity index (χ4v) is 3.03. The molecule has 2 aromatic rings. The van der Waals surface area contributed by atoms with Crippen molar-refractivity contribution < 1.29 is 4.79 Å². The molecule has 1 aromatic carbocycles. The highest BCUT2D eigenvalue weighted by atomic mass is 16.2. The average Bonchev–Trinajstić information content (AvgIpc) is 2.85. The minimum Gasteiger partial charge on any atom is -0.359 e. The Labute approximate surface area is 125 Å². The van der Waals surface area contributed by atoms with Crippen LogP contribution in [0.1, 0.15) is 29.9 Å². The van der Waals surface area contributed by atoms with Crippen LogP contribution in [0.5, 0.6) is 0 Å². The van der Waals surface area contributed by atoms with E-state index in [1.165, 1.54) is 0 Å². The van der Waals surface area contributed by atoms with Gasteiger partial charge in [-0.2, -0.15) is 0 Å². The number of H-pyrrole nitrogens is 1. The molecule has 0 aliphatic carbocycles. The molecular formula is C17H23N3O. The lowest BCUT2D eigenvalue weighted by molar-refractivity contribution is 0.0595. The number of hydrogen-bond donors (Lipinski definition) is 1. The maximum Gasteiger partial charge on any atom is 0.253 e. The third-order valence-corrected chi connectivity index (χ3v) is 4.33. The normalized spacial score (nSPS) is 16.9. The minimum atomic E-state index is 0.152. The number of nitrogens with zero attached hydrogens (tertiary/aromatic N) is 2. The number of amides is 1. The van der Waals surface area contributed by atoms with Crippen molar-refractivity contribution in [2.24, 2.45) is 0 Å². The highest BCUT2D eigenvalue weighted by molar-refractivity contribution is 5.98. The van der Waals surface area contributed by atoms with Gasteiger partial charge in [-0.05, 0) is 45.0 Å². The van der Waals surface area contributed by atoms with E-state index in [1.807, 2.05) is 30.0 Å². The first-order valence-corrected chi connectivity index (χ1v) is 7.67. The smallest absolute Gasteiger partial charge is 0.253 e. The van der Waals surface area contributed by atoms with Crippen LogP contribution < -0.4 is 0 Å². The first-order chi connectivity index (χ1) is 10.0. The summed E-state index contributed by atoms with van der Waals surface area (Å²) in [5, 5.41) is 1.11. The lowest BCUT2D eigenvalue weighted by Gasteiger charge is -2.37. The number of rotatable bonds is 2. The molecule has 2 heterocycles. The quantitative estimate of drug-likeness (QED) is 0.921.